The molecule has 0 N–H and O–H groups in total. The van der Waals surface area contributed by atoms with Gasteiger partial charge in [-0.15, -0.1) is 0 Å². The molecule has 1 aromatic rings. The molecule has 3 nitrogen and oxygen atoms in total. The minimum Gasteiger partial charge on any atom is -0.333 e. The van der Waals surface area contributed by atoms with E-state index >= 15 is 0 Å². The number of aldehydes is 1. The fourth-order valence-corrected chi connectivity index (χ4v) is 4.51. The van der Waals surface area contributed by atoms with Gasteiger partial charge in [0, 0.05) is 12.5 Å². The van der Waals surface area contributed by atoms with E-state index in [-0.39, 0.29) is 17.9 Å². The molecule has 1 aliphatic heterocycles. The summed E-state index contributed by atoms with van der Waals surface area (Å²) in [6.45, 7) is 0.777. The highest BCUT2D eigenvalue weighted by molar-refractivity contribution is 5.83. The number of carbonyl (C=O) groups excluding carboxylic acids is 2. The zero-order valence-corrected chi connectivity index (χ0v) is 14.5. The normalized spacial score (nSPS) is 26.7. The fraction of sp³-hybridized carbons (Fsp3) is 0.619. The molecule has 2 fully saturated rings. The van der Waals surface area contributed by atoms with Crippen LogP contribution in [-0.2, 0) is 16.0 Å². The van der Waals surface area contributed by atoms with E-state index in [1.807, 2.05) is 4.90 Å². The Morgan fingerprint density at radius 1 is 1.08 bits per heavy atom. The second-order valence-corrected chi connectivity index (χ2v) is 7.41. The van der Waals surface area contributed by atoms with Crippen molar-refractivity contribution in [1.82, 2.24) is 4.90 Å². The quantitative estimate of drug-likeness (QED) is 0.560. The van der Waals surface area contributed by atoms with Crippen molar-refractivity contribution >= 4 is 12.2 Å². The monoisotopic (exact) mass is 327 g/mol. The number of hydrogen-bond acceptors (Lipinski definition) is 2. The minimum absolute atomic E-state index is 0.156. The summed E-state index contributed by atoms with van der Waals surface area (Å²) < 4.78 is 0. The lowest BCUT2D eigenvalue weighted by Gasteiger charge is -2.27. The second-order valence-electron chi connectivity index (χ2n) is 7.41. The van der Waals surface area contributed by atoms with Gasteiger partial charge in [0.1, 0.15) is 6.29 Å². The predicted molar refractivity (Wildman–Crippen MR) is 95.6 cm³/mol. The van der Waals surface area contributed by atoms with Crippen molar-refractivity contribution in [3.8, 4) is 0 Å². The van der Waals surface area contributed by atoms with E-state index in [0.717, 1.165) is 44.9 Å². The van der Waals surface area contributed by atoms with Crippen molar-refractivity contribution in [3.05, 3.63) is 35.9 Å². The van der Waals surface area contributed by atoms with Crippen LogP contribution in [0.5, 0.6) is 0 Å². The van der Waals surface area contributed by atoms with Crippen molar-refractivity contribution in [1.29, 1.82) is 0 Å². The number of rotatable bonds is 7. The summed E-state index contributed by atoms with van der Waals surface area (Å²) in [5, 5.41) is 0. The molecule has 0 bridgehead atoms. The van der Waals surface area contributed by atoms with Gasteiger partial charge in [-0.3, -0.25) is 4.79 Å². The lowest BCUT2D eigenvalue weighted by Crippen LogP contribution is -2.41. The highest BCUT2D eigenvalue weighted by Gasteiger charge is 2.38. The van der Waals surface area contributed by atoms with E-state index in [4.69, 9.17) is 0 Å². The standard InChI is InChI=1S/C21H29NO2/c23-16-19-13-7-15-22(19)21(24)20-14-6-12-18(20)11-5-4-10-17-8-2-1-3-9-17/h1-3,8-9,16,18-20H,4-7,10-15H2/t18-,19+,20-/m1/s1. The number of carbonyl (C=O) groups is 2. The molecule has 1 saturated carbocycles. The van der Waals surface area contributed by atoms with Crippen molar-refractivity contribution in [3.63, 3.8) is 0 Å². The van der Waals surface area contributed by atoms with Gasteiger partial charge in [-0.2, -0.15) is 0 Å². The maximum Gasteiger partial charge on any atom is 0.226 e. The number of likely N-dealkylation sites (tertiary alicyclic amines) is 1. The highest BCUT2D eigenvalue weighted by Crippen LogP contribution is 2.37. The average Bonchev–Trinajstić information content (AvgIpc) is 3.28. The first-order valence-corrected chi connectivity index (χ1v) is 9.59. The van der Waals surface area contributed by atoms with E-state index in [1.54, 1.807) is 0 Å². The molecule has 0 aromatic heterocycles. The van der Waals surface area contributed by atoms with E-state index in [0.29, 0.717) is 5.92 Å². The van der Waals surface area contributed by atoms with E-state index < -0.39 is 0 Å². The number of unbranched alkanes of at least 4 members (excludes halogenated alkanes) is 1. The van der Waals surface area contributed by atoms with Crippen LogP contribution in [-0.4, -0.2) is 29.7 Å². The summed E-state index contributed by atoms with van der Waals surface area (Å²) >= 11 is 0. The molecular weight excluding hydrogens is 298 g/mol. The molecule has 24 heavy (non-hydrogen) atoms. The molecule has 3 atom stereocenters. The van der Waals surface area contributed by atoms with Crippen LogP contribution in [0.15, 0.2) is 30.3 Å². The van der Waals surface area contributed by atoms with Gasteiger partial charge in [0.05, 0.1) is 6.04 Å². The maximum atomic E-state index is 12.8. The van der Waals surface area contributed by atoms with Gasteiger partial charge in [-0.05, 0) is 56.4 Å². The number of nitrogens with zero attached hydrogens (tertiary/aromatic N) is 1. The molecule has 3 heteroatoms. The molecule has 1 saturated heterocycles. The van der Waals surface area contributed by atoms with Crippen LogP contribution in [0.2, 0.25) is 0 Å². The van der Waals surface area contributed by atoms with Crippen molar-refractivity contribution in [2.45, 2.75) is 63.8 Å². The number of hydrogen-bond donors (Lipinski definition) is 0. The van der Waals surface area contributed by atoms with Crippen LogP contribution in [0.1, 0.15) is 56.9 Å². The first-order valence-electron chi connectivity index (χ1n) is 9.59. The lowest BCUT2D eigenvalue weighted by molar-refractivity contribution is -0.139. The van der Waals surface area contributed by atoms with Gasteiger partial charge < -0.3 is 9.69 Å². The molecule has 3 rings (SSSR count). The van der Waals surface area contributed by atoms with Crippen LogP contribution < -0.4 is 0 Å². The maximum absolute atomic E-state index is 12.8. The highest BCUT2D eigenvalue weighted by atomic mass is 16.2. The number of aryl methyl sites for hydroxylation is 1. The molecule has 2 aliphatic rings. The largest absolute Gasteiger partial charge is 0.333 e. The number of amides is 1. The third kappa shape index (κ3) is 4.06. The Bertz CT molecular complexity index is 542. The third-order valence-electron chi connectivity index (χ3n) is 5.85. The Kier molecular flexibility index (Phi) is 6.06. The van der Waals surface area contributed by atoms with Gasteiger partial charge in [0.15, 0.2) is 0 Å². The van der Waals surface area contributed by atoms with Crippen LogP contribution in [0.4, 0.5) is 0 Å². The van der Waals surface area contributed by atoms with Gasteiger partial charge in [-0.1, -0.05) is 43.2 Å². The average molecular weight is 327 g/mol. The van der Waals surface area contributed by atoms with Crippen LogP contribution >= 0.6 is 0 Å². The van der Waals surface area contributed by atoms with E-state index in [1.165, 1.54) is 31.2 Å². The molecule has 0 radical (unpaired) electrons. The Balaban J connectivity index is 1.46. The minimum atomic E-state index is -0.156. The molecular formula is C21H29NO2. The van der Waals surface area contributed by atoms with Gasteiger partial charge in [0.2, 0.25) is 5.91 Å². The Hall–Kier alpha value is -1.64. The molecule has 1 aliphatic carbocycles. The van der Waals surface area contributed by atoms with Crippen LogP contribution in [0.25, 0.3) is 0 Å². The van der Waals surface area contributed by atoms with E-state index in [9.17, 15) is 9.59 Å². The molecule has 1 heterocycles. The Morgan fingerprint density at radius 3 is 2.71 bits per heavy atom. The summed E-state index contributed by atoms with van der Waals surface area (Å²) in [6.07, 6.45) is 10.8. The van der Waals surface area contributed by atoms with Gasteiger partial charge >= 0.3 is 0 Å². The summed E-state index contributed by atoms with van der Waals surface area (Å²) in [6, 6.07) is 10.5. The van der Waals surface area contributed by atoms with Gasteiger partial charge in [0.25, 0.3) is 0 Å². The Morgan fingerprint density at radius 2 is 1.92 bits per heavy atom. The summed E-state index contributed by atoms with van der Waals surface area (Å²) in [7, 11) is 0. The summed E-state index contributed by atoms with van der Waals surface area (Å²) in [5.74, 6) is 0.957. The van der Waals surface area contributed by atoms with Crippen molar-refractivity contribution < 1.29 is 9.59 Å². The van der Waals surface area contributed by atoms with Crippen molar-refractivity contribution in [2.75, 3.05) is 6.54 Å². The molecule has 1 aromatic carbocycles. The lowest BCUT2D eigenvalue weighted by atomic mass is 9.89. The molecule has 130 valence electrons. The molecule has 0 spiro atoms. The topological polar surface area (TPSA) is 37.4 Å². The summed E-state index contributed by atoms with van der Waals surface area (Å²) in [5.41, 5.74) is 1.41. The molecule has 1 amide bonds. The predicted octanol–water partition coefficient (Wildman–Crippen LogP) is 4.01. The zero-order chi connectivity index (χ0) is 16.8. The zero-order valence-electron chi connectivity index (χ0n) is 14.5. The smallest absolute Gasteiger partial charge is 0.226 e. The molecule has 0 unspecified atom stereocenters. The van der Waals surface area contributed by atoms with Gasteiger partial charge in [-0.25, -0.2) is 0 Å². The fourth-order valence-electron chi connectivity index (χ4n) is 4.51. The number of benzene rings is 1. The van der Waals surface area contributed by atoms with Crippen molar-refractivity contribution in [2.24, 2.45) is 11.8 Å². The van der Waals surface area contributed by atoms with Crippen LogP contribution in [0.3, 0.4) is 0 Å². The van der Waals surface area contributed by atoms with Crippen LogP contribution in [0, 0.1) is 11.8 Å². The third-order valence-corrected chi connectivity index (χ3v) is 5.85. The van der Waals surface area contributed by atoms with E-state index in [2.05, 4.69) is 30.3 Å². The summed E-state index contributed by atoms with van der Waals surface area (Å²) in [4.78, 5) is 25.9. The second kappa shape index (κ2) is 8.46. The first-order chi connectivity index (χ1) is 11.8. The first kappa shape index (κ1) is 17.2. The SMILES string of the molecule is O=C[C@@H]1CCCN1C(=O)[C@@H]1CCC[C@H]1CCCCc1ccccc1. The Labute approximate surface area is 145 Å².